The van der Waals surface area contributed by atoms with Gasteiger partial charge in [0.1, 0.15) is 5.71 Å². The van der Waals surface area contributed by atoms with E-state index < -0.39 is 5.91 Å². The smallest absolute Gasteiger partial charge is 0.265 e. The van der Waals surface area contributed by atoms with E-state index in [1.807, 2.05) is 6.92 Å². The maximum atomic E-state index is 10.5. The summed E-state index contributed by atoms with van der Waals surface area (Å²) in [5.74, 6) is -0.255. The summed E-state index contributed by atoms with van der Waals surface area (Å²) in [4.78, 5) is 10.5. The molecule has 1 heterocycles. The molecule has 1 amide bonds. The Morgan fingerprint density at radius 2 is 2.67 bits per heavy atom. The minimum Gasteiger partial charge on any atom is -0.364 e. The summed E-state index contributed by atoms with van der Waals surface area (Å²) in [7, 11) is 0. The van der Waals surface area contributed by atoms with Gasteiger partial charge in [0.25, 0.3) is 5.91 Å². The molecule has 0 aromatic rings. The number of nitrogens with zero attached hydrogens (tertiary/aromatic N) is 1. The molecule has 1 aliphatic heterocycles. The number of carbonyl (C=O) groups excluding carboxylic acids is 1. The molecule has 0 radical (unpaired) electrons. The van der Waals surface area contributed by atoms with E-state index in [0.717, 1.165) is 6.54 Å². The van der Waals surface area contributed by atoms with E-state index >= 15 is 0 Å². The first-order valence-corrected chi connectivity index (χ1v) is 2.82. The van der Waals surface area contributed by atoms with Crippen molar-refractivity contribution >= 4 is 11.6 Å². The van der Waals surface area contributed by atoms with Gasteiger partial charge in [0.15, 0.2) is 0 Å². The van der Waals surface area contributed by atoms with Crippen molar-refractivity contribution in [2.45, 2.75) is 6.92 Å². The van der Waals surface area contributed by atoms with Gasteiger partial charge in [-0.15, -0.1) is 0 Å². The third kappa shape index (κ3) is 1.01. The van der Waals surface area contributed by atoms with Gasteiger partial charge >= 0.3 is 0 Å². The van der Waals surface area contributed by atoms with Crippen molar-refractivity contribution in [1.82, 2.24) is 5.43 Å². The number of nitrogens with one attached hydrogen (secondary N) is 1. The summed E-state index contributed by atoms with van der Waals surface area (Å²) in [5, 5.41) is 3.71. The number of amides is 1. The van der Waals surface area contributed by atoms with Crippen LogP contribution in [0.5, 0.6) is 0 Å². The van der Waals surface area contributed by atoms with Gasteiger partial charge in [0.2, 0.25) is 0 Å². The van der Waals surface area contributed by atoms with Crippen LogP contribution in [0.25, 0.3) is 0 Å². The molecule has 1 atom stereocenters. The van der Waals surface area contributed by atoms with E-state index in [-0.39, 0.29) is 5.92 Å². The predicted molar refractivity (Wildman–Crippen MR) is 33.8 cm³/mol. The number of hydrogen-bond donors (Lipinski definition) is 2. The predicted octanol–water partition coefficient (Wildman–Crippen LogP) is -0.933. The Morgan fingerprint density at radius 1 is 2.00 bits per heavy atom. The minimum atomic E-state index is -0.424. The molecular weight excluding hydrogens is 118 g/mol. The number of nitrogens with two attached hydrogens (primary N) is 1. The van der Waals surface area contributed by atoms with E-state index in [9.17, 15) is 4.79 Å². The van der Waals surface area contributed by atoms with E-state index in [0.29, 0.717) is 5.71 Å². The quantitative estimate of drug-likeness (QED) is 0.477. The van der Waals surface area contributed by atoms with Crippen LogP contribution < -0.4 is 11.2 Å². The third-order valence-corrected chi connectivity index (χ3v) is 1.32. The molecule has 9 heavy (non-hydrogen) atoms. The first kappa shape index (κ1) is 6.07. The van der Waals surface area contributed by atoms with Crippen LogP contribution in [0.1, 0.15) is 6.92 Å². The second-order valence-electron chi connectivity index (χ2n) is 2.12. The molecule has 0 spiro atoms. The summed E-state index contributed by atoms with van der Waals surface area (Å²) in [6.45, 7) is 2.63. The number of rotatable bonds is 1. The topological polar surface area (TPSA) is 67.5 Å². The molecule has 0 fully saturated rings. The van der Waals surface area contributed by atoms with Gasteiger partial charge in [0.05, 0.1) is 0 Å². The van der Waals surface area contributed by atoms with E-state index in [1.54, 1.807) is 0 Å². The van der Waals surface area contributed by atoms with E-state index in [4.69, 9.17) is 5.73 Å². The molecule has 1 unspecified atom stereocenters. The van der Waals surface area contributed by atoms with Crippen LogP contribution in [0.2, 0.25) is 0 Å². The van der Waals surface area contributed by atoms with Crippen molar-refractivity contribution in [3.8, 4) is 0 Å². The monoisotopic (exact) mass is 127 g/mol. The minimum absolute atomic E-state index is 0.169. The van der Waals surface area contributed by atoms with Gasteiger partial charge in [0, 0.05) is 12.5 Å². The third-order valence-electron chi connectivity index (χ3n) is 1.32. The highest BCUT2D eigenvalue weighted by Crippen LogP contribution is 2.01. The SMILES string of the molecule is CC1CNN=C1C(N)=O. The lowest BCUT2D eigenvalue weighted by Crippen LogP contribution is -2.27. The molecule has 4 nitrogen and oxygen atoms in total. The van der Waals surface area contributed by atoms with Crippen LogP contribution in [-0.2, 0) is 4.79 Å². The number of carbonyl (C=O) groups is 1. The molecule has 0 saturated heterocycles. The number of hydrazone groups is 1. The molecule has 4 heteroatoms. The van der Waals surface area contributed by atoms with Gasteiger partial charge in [-0.05, 0) is 0 Å². The van der Waals surface area contributed by atoms with Crippen molar-refractivity contribution in [1.29, 1.82) is 0 Å². The molecule has 1 aliphatic rings. The Kier molecular flexibility index (Phi) is 1.38. The standard InChI is InChI=1S/C5H9N3O/c1-3-2-7-8-4(3)5(6)9/h3,7H,2H2,1H3,(H2,6,9). The lowest BCUT2D eigenvalue weighted by molar-refractivity contribution is -0.112. The zero-order chi connectivity index (χ0) is 6.85. The summed E-state index contributed by atoms with van der Waals surface area (Å²) in [6, 6.07) is 0. The normalized spacial score (nSPS) is 25.0. The highest BCUT2D eigenvalue weighted by Gasteiger charge is 2.20. The largest absolute Gasteiger partial charge is 0.364 e. The first-order chi connectivity index (χ1) is 4.22. The van der Waals surface area contributed by atoms with Gasteiger partial charge in [-0.25, -0.2) is 0 Å². The van der Waals surface area contributed by atoms with Crippen LogP contribution in [0.15, 0.2) is 5.10 Å². The second kappa shape index (κ2) is 2.05. The Labute approximate surface area is 53.1 Å². The van der Waals surface area contributed by atoms with Crippen molar-refractivity contribution in [2.24, 2.45) is 16.8 Å². The summed E-state index contributed by atoms with van der Waals surface area (Å²) < 4.78 is 0. The van der Waals surface area contributed by atoms with E-state index in [1.165, 1.54) is 0 Å². The van der Waals surface area contributed by atoms with Crippen molar-refractivity contribution in [2.75, 3.05) is 6.54 Å². The molecule has 0 bridgehead atoms. The molecule has 0 aromatic heterocycles. The molecule has 50 valence electrons. The molecular formula is C5H9N3O. The van der Waals surface area contributed by atoms with E-state index in [2.05, 4.69) is 10.5 Å². The zero-order valence-electron chi connectivity index (χ0n) is 5.22. The fourth-order valence-corrected chi connectivity index (χ4v) is 0.773. The van der Waals surface area contributed by atoms with Gasteiger partial charge in [-0.3, -0.25) is 4.79 Å². The average molecular weight is 127 g/mol. The lowest BCUT2D eigenvalue weighted by Gasteiger charge is -1.97. The maximum Gasteiger partial charge on any atom is 0.265 e. The maximum absolute atomic E-state index is 10.5. The first-order valence-electron chi connectivity index (χ1n) is 2.82. The van der Waals surface area contributed by atoms with Gasteiger partial charge in [-0.1, -0.05) is 6.92 Å². The second-order valence-corrected chi connectivity index (χ2v) is 2.12. The number of primary amides is 1. The van der Waals surface area contributed by atoms with Crippen LogP contribution in [0.4, 0.5) is 0 Å². The Bertz CT molecular complexity index is 164. The highest BCUT2D eigenvalue weighted by molar-refractivity contribution is 6.39. The molecule has 0 aromatic carbocycles. The molecule has 0 aliphatic carbocycles. The molecule has 3 N–H and O–H groups in total. The van der Waals surface area contributed by atoms with Gasteiger partial charge in [-0.2, -0.15) is 5.10 Å². The fraction of sp³-hybridized carbons (Fsp3) is 0.600. The fourth-order valence-electron chi connectivity index (χ4n) is 0.773. The highest BCUT2D eigenvalue weighted by atomic mass is 16.1. The van der Waals surface area contributed by atoms with Crippen LogP contribution >= 0.6 is 0 Å². The van der Waals surface area contributed by atoms with Crippen LogP contribution in [0, 0.1) is 5.92 Å². The molecule has 1 rings (SSSR count). The summed E-state index contributed by atoms with van der Waals surface area (Å²) in [6.07, 6.45) is 0. The average Bonchev–Trinajstić information content (AvgIpc) is 2.13. The van der Waals surface area contributed by atoms with Crippen molar-refractivity contribution in [3.05, 3.63) is 0 Å². The summed E-state index contributed by atoms with van der Waals surface area (Å²) >= 11 is 0. The van der Waals surface area contributed by atoms with Crippen LogP contribution in [-0.4, -0.2) is 18.2 Å². The Balaban J connectivity index is 2.68. The lowest BCUT2D eigenvalue weighted by atomic mass is 10.1. The Hall–Kier alpha value is -1.06. The molecule has 0 saturated carbocycles. The van der Waals surface area contributed by atoms with Gasteiger partial charge < -0.3 is 11.2 Å². The van der Waals surface area contributed by atoms with Crippen molar-refractivity contribution < 1.29 is 4.79 Å². The number of hydrogen-bond acceptors (Lipinski definition) is 3. The zero-order valence-corrected chi connectivity index (χ0v) is 5.22. The Morgan fingerprint density at radius 3 is 2.89 bits per heavy atom. The van der Waals surface area contributed by atoms with Crippen molar-refractivity contribution in [3.63, 3.8) is 0 Å². The summed E-state index contributed by atoms with van der Waals surface area (Å²) in [5.41, 5.74) is 8.12. The van der Waals surface area contributed by atoms with Crippen LogP contribution in [0.3, 0.4) is 0 Å².